The first-order chi connectivity index (χ1) is 14.5. The highest BCUT2D eigenvalue weighted by atomic mass is 16.5. The molecule has 162 valence electrons. The predicted octanol–water partition coefficient (Wildman–Crippen LogP) is 7.17. The lowest BCUT2D eigenvalue weighted by Crippen LogP contribution is -2.09. The number of methoxy groups -OCH3 is 1. The average Bonchev–Trinajstić information content (AvgIpc) is 3.61. The summed E-state index contributed by atoms with van der Waals surface area (Å²) in [6.07, 6.45) is 7.99. The SMILES string of the molecule is C/C=C(/C)c1nc(-c2ccc(C(C)C)nc2C2CC2)ccc1CC[C@H](CC)COC. The summed E-state index contributed by atoms with van der Waals surface area (Å²) < 4.78 is 5.39. The second kappa shape index (κ2) is 10.3. The topological polar surface area (TPSA) is 35.0 Å². The minimum atomic E-state index is 0.450. The van der Waals surface area contributed by atoms with Crippen molar-refractivity contribution in [2.75, 3.05) is 13.7 Å². The highest BCUT2D eigenvalue weighted by Gasteiger charge is 2.29. The van der Waals surface area contributed by atoms with Gasteiger partial charge in [0, 0.05) is 30.9 Å². The van der Waals surface area contributed by atoms with E-state index in [1.165, 1.54) is 40.9 Å². The van der Waals surface area contributed by atoms with E-state index in [0.29, 0.717) is 17.8 Å². The van der Waals surface area contributed by atoms with Gasteiger partial charge in [0.05, 0.1) is 17.1 Å². The van der Waals surface area contributed by atoms with Gasteiger partial charge >= 0.3 is 0 Å². The third kappa shape index (κ3) is 5.37. The molecule has 0 aromatic carbocycles. The molecule has 0 amide bonds. The van der Waals surface area contributed by atoms with Crippen molar-refractivity contribution in [3.05, 3.63) is 53.0 Å². The van der Waals surface area contributed by atoms with E-state index in [9.17, 15) is 0 Å². The summed E-state index contributed by atoms with van der Waals surface area (Å²) in [4.78, 5) is 10.2. The van der Waals surface area contributed by atoms with Crippen LogP contribution >= 0.6 is 0 Å². The Balaban J connectivity index is 1.95. The predicted molar refractivity (Wildman–Crippen MR) is 127 cm³/mol. The molecule has 1 aliphatic carbocycles. The number of aryl methyl sites for hydroxylation is 1. The van der Waals surface area contributed by atoms with Crippen LogP contribution in [0.1, 0.15) is 94.8 Å². The molecule has 2 aromatic rings. The summed E-state index contributed by atoms with van der Waals surface area (Å²) in [5, 5.41) is 0. The van der Waals surface area contributed by atoms with E-state index >= 15 is 0 Å². The van der Waals surface area contributed by atoms with Gasteiger partial charge in [-0.1, -0.05) is 39.3 Å². The van der Waals surface area contributed by atoms with Crippen LogP contribution < -0.4 is 0 Å². The first kappa shape index (κ1) is 22.7. The van der Waals surface area contributed by atoms with Gasteiger partial charge in [-0.25, -0.2) is 4.98 Å². The largest absolute Gasteiger partial charge is 0.384 e. The monoisotopic (exact) mass is 406 g/mol. The van der Waals surface area contributed by atoms with E-state index in [1.54, 1.807) is 7.11 Å². The summed E-state index contributed by atoms with van der Waals surface area (Å²) in [5.74, 6) is 1.65. The molecular weight excluding hydrogens is 368 g/mol. The normalized spacial score (nSPS) is 15.6. The Morgan fingerprint density at radius 2 is 1.93 bits per heavy atom. The molecule has 0 bridgehead atoms. The smallest absolute Gasteiger partial charge is 0.0728 e. The van der Waals surface area contributed by atoms with Gasteiger partial charge in [0.25, 0.3) is 0 Å². The van der Waals surface area contributed by atoms with Gasteiger partial charge < -0.3 is 4.74 Å². The molecule has 0 N–H and O–H groups in total. The van der Waals surface area contributed by atoms with Crippen molar-refractivity contribution < 1.29 is 4.74 Å². The highest BCUT2D eigenvalue weighted by Crippen LogP contribution is 2.43. The zero-order valence-electron chi connectivity index (χ0n) is 19.7. The minimum absolute atomic E-state index is 0.450. The Morgan fingerprint density at radius 3 is 2.53 bits per heavy atom. The van der Waals surface area contributed by atoms with Crippen LogP contribution in [0.5, 0.6) is 0 Å². The summed E-state index contributed by atoms with van der Waals surface area (Å²) in [5.41, 5.74) is 8.42. The fourth-order valence-electron chi connectivity index (χ4n) is 4.02. The van der Waals surface area contributed by atoms with Gasteiger partial charge in [-0.2, -0.15) is 0 Å². The first-order valence-electron chi connectivity index (χ1n) is 11.6. The molecule has 1 saturated carbocycles. The Labute approximate surface area is 183 Å². The zero-order valence-corrected chi connectivity index (χ0v) is 19.7. The van der Waals surface area contributed by atoms with Gasteiger partial charge in [-0.15, -0.1) is 0 Å². The molecule has 0 aliphatic heterocycles. The number of hydrogen-bond acceptors (Lipinski definition) is 3. The number of ether oxygens (including phenoxy) is 1. The molecule has 0 unspecified atom stereocenters. The molecule has 2 heterocycles. The summed E-state index contributed by atoms with van der Waals surface area (Å²) in [6, 6.07) is 8.92. The zero-order chi connectivity index (χ0) is 21.7. The van der Waals surface area contributed by atoms with Crippen LogP contribution in [0.2, 0.25) is 0 Å². The van der Waals surface area contributed by atoms with E-state index in [4.69, 9.17) is 14.7 Å². The Hall–Kier alpha value is -2.00. The van der Waals surface area contributed by atoms with Crippen molar-refractivity contribution >= 4 is 5.57 Å². The van der Waals surface area contributed by atoms with E-state index in [2.05, 4.69) is 65.0 Å². The van der Waals surface area contributed by atoms with Gasteiger partial charge in [-0.3, -0.25) is 4.98 Å². The molecule has 30 heavy (non-hydrogen) atoms. The van der Waals surface area contributed by atoms with Gasteiger partial charge in [0.1, 0.15) is 0 Å². The summed E-state index contributed by atoms with van der Waals surface area (Å²) in [6.45, 7) is 11.8. The van der Waals surface area contributed by atoms with Crippen molar-refractivity contribution in [1.82, 2.24) is 9.97 Å². The molecule has 3 heteroatoms. The lowest BCUT2D eigenvalue weighted by atomic mass is 9.94. The van der Waals surface area contributed by atoms with Crippen molar-refractivity contribution in [3.63, 3.8) is 0 Å². The van der Waals surface area contributed by atoms with Crippen molar-refractivity contribution in [1.29, 1.82) is 0 Å². The number of aromatic nitrogens is 2. The fraction of sp³-hybridized carbons (Fsp3) is 0.556. The molecule has 3 rings (SSSR count). The highest BCUT2D eigenvalue weighted by molar-refractivity contribution is 5.69. The summed E-state index contributed by atoms with van der Waals surface area (Å²) >= 11 is 0. The molecule has 1 atom stereocenters. The van der Waals surface area contributed by atoms with Gasteiger partial charge in [0.2, 0.25) is 0 Å². The average molecular weight is 407 g/mol. The van der Waals surface area contributed by atoms with E-state index in [0.717, 1.165) is 37.3 Å². The van der Waals surface area contributed by atoms with Crippen LogP contribution in [0.15, 0.2) is 30.3 Å². The van der Waals surface area contributed by atoms with Crippen LogP contribution in [0.4, 0.5) is 0 Å². The molecule has 0 spiro atoms. The maximum absolute atomic E-state index is 5.39. The third-order valence-corrected chi connectivity index (χ3v) is 6.36. The van der Waals surface area contributed by atoms with Crippen LogP contribution in [0.3, 0.4) is 0 Å². The van der Waals surface area contributed by atoms with Crippen LogP contribution in [0, 0.1) is 5.92 Å². The number of allylic oxidation sites excluding steroid dienone is 2. The minimum Gasteiger partial charge on any atom is -0.384 e. The van der Waals surface area contributed by atoms with Gasteiger partial charge in [0.15, 0.2) is 0 Å². The molecule has 1 aliphatic rings. The van der Waals surface area contributed by atoms with Crippen molar-refractivity contribution in [3.8, 4) is 11.3 Å². The van der Waals surface area contributed by atoms with E-state index in [1.807, 2.05) is 0 Å². The van der Waals surface area contributed by atoms with Crippen molar-refractivity contribution in [2.45, 2.75) is 78.6 Å². The maximum Gasteiger partial charge on any atom is 0.0728 e. The Morgan fingerprint density at radius 1 is 1.17 bits per heavy atom. The number of rotatable bonds is 10. The Bertz CT molecular complexity index is 880. The fourth-order valence-corrected chi connectivity index (χ4v) is 4.02. The lowest BCUT2D eigenvalue weighted by Gasteiger charge is -2.17. The van der Waals surface area contributed by atoms with Crippen LogP contribution in [0.25, 0.3) is 16.8 Å². The van der Waals surface area contributed by atoms with Crippen molar-refractivity contribution in [2.24, 2.45) is 5.92 Å². The molecule has 0 radical (unpaired) electrons. The second-order valence-electron chi connectivity index (χ2n) is 9.04. The molecule has 2 aromatic heterocycles. The standard InChI is InChI=1S/C27H38N2O/c1-7-19(5)26-21(10-9-20(8-2)17-30-6)13-15-25(29-26)23-14-16-24(18(3)4)28-27(23)22-11-12-22/h7,13-16,18,20,22H,8-12,17H2,1-6H3/b19-7-/t20-/m0/s1. The van der Waals surface area contributed by atoms with E-state index < -0.39 is 0 Å². The van der Waals surface area contributed by atoms with E-state index in [-0.39, 0.29) is 0 Å². The maximum atomic E-state index is 5.39. The lowest BCUT2D eigenvalue weighted by molar-refractivity contribution is 0.146. The van der Waals surface area contributed by atoms with Gasteiger partial charge in [-0.05, 0) is 80.7 Å². The molecular formula is C27H38N2O. The molecule has 0 saturated heterocycles. The van der Waals surface area contributed by atoms with Crippen LogP contribution in [-0.2, 0) is 11.2 Å². The Kier molecular flexibility index (Phi) is 7.82. The number of hydrogen-bond donors (Lipinski definition) is 0. The molecule has 1 fully saturated rings. The summed E-state index contributed by atoms with van der Waals surface area (Å²) in [7, 11) is 1.80. The quantitative estimate of drug-likeness (QED) is 0.419. The second-order valence-corrected chi connectivity index (χ2v) is 9.04. The third-order valence-electron chi connectivity index (χ3n) is 6.36. The number of pyridine rings is 2. The first-order valence-corrected chi connectivity index (χ1v) is 11.6. The molecule has 3 nitrogen and oxygen atoms in total. The number of nitrogens with zero attached hydrogens (tertiary/aromatic N) is 2. The van der Waals surface area contributed by atoms with Crippen LogP contribution in [-0.4, -0.2) is 23.7 Å².